The van der Waals surface area contributed by atoms with E-state index in [0.29, 0.717) is 5.82 Å². The third-order valence-corrected chi connectivity index (χ3v) is 3.21. The van der Waals surface area contributed by atoms with Gasteiger partial charge in [-0.2, -0.15) is 5.10 Å². The molecule has 0 unspecified atom stereocenters. The van der Waals surface area contributed by atoms with E-state index in [1.165, 1.54) is 12.1 Å². The van der Waals surface area contributed by atoms with Gasteiger partial charge in [0.05, 0.1) is 4.92 Å². The SMILES string of the molecule is Cc1[nH]nc(NC(=O)c2ccc(Cl)c([N+](=O)[O-])c2)c1C. The largest absolute Gasteiger partial charge is 0.305 e. The zero-order chi connectivity index (χ0) is 14.9. The quantitative estimate of drug-likeness (QED) is 0.671. The van der Waals surface area contributed by atoms with Crippen molar-refractivity contribution in [1.29, 1.82) is 0 Å². The Balaban J connectivity index is 2.28. The number of carbonyl (C=O) groups excluding carboxylic acids is 1. The van der Waals surface area contributed by atoms with E-state index in [0.717, 1.165) is 17.3 Å². The first-order valence-electron chi connectivity index (χ1n) is 5.67. The van der Waals surface area contributed by atoms with Crippen LogP contribution in [0.4, 0.5) is 11.5 Å². The number of hydrogen-bond acceptors (Lipinski definition) is 4. The number of benzene rings is 1. The number of amides is 1. The molecule has 104 valence electrons. The zero-order valence-electron chi connectivity index (χ0n) is 10.7. The maximum Gasteiger partial charge on any atom is 0.288 e. The number of aromatic amines is 1. The monoisotopic (exact) mass is 294 g/mol. The topological polar surface area (TPSA) is 101 Å². The van der Waals surface area contributed by atoms with Crippen molar-refractivity contribution in [2.24, 2.45) is 0 Å². The second-order valence-corrected chi connectivity index (χ2v) is 4.61. The molecule has 0 saturated carbocycles. The Morgan fingerprint density at radius 2 is 2.15 bits per heavy atom. The van der Waals surface area contributed by atoms with Gasteiger partial charge in [-0.15, -0.1) is 0 Å². The van der Waals surface area contributed by atoms with E-state index in [2.05, 4.69) is 15.5 Å². The molecule has 0 aliphatic heterocycles. The number of nitro benzene ring substituents is 1. The number of anilines is 1. The third-order valence-electron chi connectivity index (χ3n) is 2.89. The molecule has 0 saturated heterocycles. The lowest BCUT2D eigenvalue weighted by Gasteiger charge is -2.04. The number of aryl methyl sites for hydroxylation is 1. The van der Waals surface area contributed by atoms with Gasteiger partial charge in [0.1, 0.15) is 5.02 Å². The molecule has 0 spiro atoms. The first-order chi connectivity index (χ1) is 9.40. The van der Waals surface area contributed by atoms with Gasteiger partial charge in [-0.3, -0.25) is 20.0 Å². The summed E-state index contributed by atoms with van der Waals surface area (Å²) in [6, 6.07) is 3.86. The predicted octanol–water partition coefficient (Wildman–Crippen LogP) is 2.84. The minimum atomic E-state index is -0.636. The number of rotatable bonds is 3. The number of nitro groups is 1. The zero-order valence-corrected chi connectivity index (χ0v) is 11.5. The number of nitrogens with one attached hydrogen (secondary N) is 2. The highest BCUT2D eigenvalue weighted by Crippen LogP contribution is 2.25. The average molecular weight is 295 g/mol. The molecule has 0 atom stereocenters. The predicted molar refractivity (Wildman–Crippen MR) is 74.1 cm³/mol. The van der Waals surface area contributed by atoms with Gasteiger partial charge < -0.3 is 5.32 Å². The van der Waals surface area contributed by atoms with Gasteiger partial charge in [0.2, 0.25) is 0 Å². The van der Waals surface area contributed by atoms with Gasteiger partial charge in [-0.1, -0.05) is 11.6 Å². The number of H-pyrrole nitrogens is 1. The fourth-order valence-corrected chi connectivity index (χ4v) is 1.77. The fourth-order valence-electron chi connectivity index (χ4n) is 1.58. The molecular weight excluding hydrogens is 284 g/mol. The number of carbonyl (C=O) groups is 1. The molecule has 0 bridgehead atoms. The lowest BCUT2D eigenvalue weighted by Crippen LogP contribution is -2.13. The van der Waals surface area contributed by atoms with Crippen LogP contribution in [0, 0.1) is 24.0 Å². The Morgan fingerprint density at radius 3 is 2.70 bits per heavy atom. The molecule has 1 aromatic heterocycles. The molecule has 0 aliphatic carbocycles. The van der Waals surface area contributed by atoms with E-state index in [4.69, 9.17) is 11.6 Å². The van der Waals surface area contributed by atoms with Crippen LogP contribution in [-0.4, -0.2) is 21.0 Å². The van der Waals surface area contributed by atoms with E-state index in [9.17, 15) is 14.9 Å². The lowest BCUT2D eigenvalue weighted by molar-refractivity contribution is -0.384. The highest BCUT2D eigenvalue weighted by Gasteiger charge is 2.17. The number of nitrogens with zero attached hydrogens (tertiary/aromatic N) is 2. The van der Waals surface area contributed by atoms with Crippen LogP contribution in [0.3, 0.4) is 0 Å². The molecule has 0 radical (unpaired) electrons. The fraction of sp³-hybridized carbons (Fsp3) is 0.167. The second-order valence-electron chi connectivity index (χ2n) is 4.20. The van der Waals surface area contributed by atoms with Crippen molar-refractivity contribution in [1.82, 2.24) is 10.2 Å². The van der Waals surface area contributed by atoms with E-state index in [-0.39, 0.29) is 16.3 Å². The molecule has 1 heterocycles. The van der Waals surface area contributed by atoms with E-state index >= 15 is 0 Å². The summed E-state index contributed by atoms with van der Waals surface area (Å²) in [7, 11) is 0. The van der Waals surface area contributed by atoms with Gasteiger partial charge in [0.25, 0.3) is 11.6 Å². The van der Waals surface area contributed by atoms with Gasteiger partial charge in [-0.05, 0) is 26.0 Å². The van der Waals surface area contributed by atoms with Crippen LogP contribution in [0.2, 0.25) is 5.02 Å². The molecule has 1 amide bonds. The Labute approximate surface area is 119 Å². The van der Waals surface area contributed by atoms with Gasteiger partial charge >= 0.3 is 0 Å². The van der Waals surface area contributed by atoms with Crippen molar-refractivity contribution >= 4 is 29.0 Å². The highest BCUT2D eigenvalue weighted by atomic mass is 35.5. The summed E-state index contributed by atoms with van der Waals surface area (Å²) in [6.45, 7) is 3.63. The molecule has 2 N–H and O–H groups in total. The average Bonchev–Trinajstić information content (AvgIpc) is 2.71. The molecule has 7 nitrogen and oxygen atoms in total. The summed E-state index contributed by atoms with van der Waals surface area (Å²) >= 11 is 5.69. The van der Waals surface area contributed by atoms with Crippen molar-refractivity contribution in [3.63, 3.8) is 0 Å². The molecule has 2 rings (SSSR count). The maximum atomic E-state index is 12.0. The van der Waals surface area contributed by atoms with Crippen LogP contribution in [0.15, 0.2) is 18.2 Å². The van der Waals surface area contributed by atoms with E-state index in [1.807, 2.05) is 6.92 Å². The Bertz CT molecular complexity index is 696. The van der Waals surface area contributed by atoms with Crippen molar-refractivity contribution in [2.75, 3.05) is 5.32 Å². The maximum absolute atomic E-state index is 12.0. The first kappa shape index (κ1) is 14.0. The van der Waals surface area contributed by atoms with Gasteiger partial charge in [0.15, 0.2) is 5.82 Å². The third kappa shape index (κ3) is 2.62. The number of hydrogen-bond donors (Lipinski definition) is 2. The first-order valence-corrected chi connectivity index (χ1v) is 6.05. The number of aromatic nitrogens is 2. The molecule has 20 heavy (non-hydrogen) atoms. The summed E-state index contributed by atoms with van der Waals surface area (Å²) in [5.41, 5.74) is 1.47. The van der Waals surface area contributed by atoms with Crippen LogP contribution < -0.4 is 5.32 Å². The van der Waals surface area contributed by atoms with Crippen molar-refractivity contribution in [2.45, 2.75) is 13.8 Å². The van der Waals surface area contributed by atoms with Crippen molar-refractivity contribution in [3.05, 3.63) is 50.2 Å². The summed E-state index contributed by atoms with van der Waals surface area (Å²) in [5, 5.41) is 20.0. The van der Waals surface area contributed by atoms with Gasteiger partial charge in [-0.25, -0.2) is 0 Å². The molecular formula is C12H11ClN4O3. The molecule has 2 aromatic rings. The smallest absolute Gasteiger partial charge is 0.288 e. The van der Waals surface area contributed by atoms with E-state index < -0.39 is 10.8 Å². The molecule has 0 aliphatic rings. The normalized spacial score (nSPS) is 10.3. The van der Waals surface area contributed by atoms with Crippen molar-refractivity contribution < 1.29 is 9.72 Å². The van der Waals surface area contributed by atoms with Crippen LogP contribution in [0.25, 0.3) is 0 Å². The van der Waals surface area contributed by atoms with Crippen molar-refractivity contribution in [3.8, 4) is 0 Å². The van der Waals surface area contributed by atoms with Gasteiger partial charge in [0, 0.05) is 22.9 Å². The van der Waals surface area contributed by atoms with Crippen LogP contribution in [0.1, 0.15) is 21.6 Å². The Hall–Kier alpha value is -2.41. The molecule has 8 heteroatoms. The summed E-state index contributed by atoms with van der Waals surface area (Å²) in [4.78, 5) is 22.2. The lowest BCUT2D eigenvalue weighted by atomic mass is 10.2. The van der Waals surface area contributed by atoms with E-state index in [1.54, 1.807) is 6.92 Å². The summed E-state index contributed by atoms with van der Waals surface area (Å²) in [5.74, 6) is -0.0931. The standard InChI is InChI=1S/C12H11ClN4O3/c1-6-7(2)15-16-11(6)14-12(18)8-3-4-9(13)10(5-8)17(19)20/h3-5H,1-2H3,(H2,14,15,16,18). The summed E-state index contributed by atoms with van der Waals surface area (Å²) < 4.78 is 0. The second kappa shape index (κ2) is 5.30. The summed E-state index contributed by atoms with van der Waals surface area (Å²) in [6.07, 6.45) is 0. The molecule has 1 aromatic carbocycles. The minimum Gasteiger partial charge on any atom is -0.305 e. The van der Waals surface area contributed by atoms with Crippen LogP contribution in [0.5, 0.6) is 0 Å². The Kier molecular flexibility index (Phi) is 3.71. The highest BCUT2D eigenvalue weighted by molar-refractivity contribution is 6.32. The van der Waals surface area contributed by atoms with Crippen LogP contribution >= 0.6 is 11.6 Å². The number of halogens is 1. The Morgan fingerprint density at radius 1 is 1.45 bits per heavy atom. The minimum absolute atomic E-state index is 0.0154. The molecule has 0 fully saturated rings. The van der Waals surface area contributed by atoms with Crippen LogP contribution in [-0.2, 0) is 0 Å².